The minimum absolute atomic E-state index is 0.0829. The Bertz CT molecular complexity index is 440. The first kappa shape index (κ1) is 16.9. The van der Waals surface area contributed by atoms with Gasteiger partial charge >= 0.3 is 6.03 Å². The summed E-state index contributed by atoms with van der Waals surface area (Å²) in [7, 11) is 0. The molecule has 0 aromatic carbocycles. The van der Waals surface area contributed by atoms with Gasteiger partial charge in [-0.15, -0.1) is 11.3 Å². The first-order chi connectivity index (χ1) is 9.24. The number of nitrogens with zero attached hydrogens (tertiary/aromatic N) is 1. The molecule has 1 aromatic rings. The first-order valence-electron chi connectivity index (χ1n) is 6.88. The Hall–Kier alpha value is -1.14. The number of carbonyl (C=O) groups excluding carboxylic acids is 1. The summed E-state index contributed by atoms with van der Waals surface area (Å²) in [6.45, 7) is 9.99. The molecule has 0 saturated carbocycles. The van der Waals surface area contributed by atoms with Gasteiger partial charge in [-0.3, -0.25) is 0 Å². The predicted octanol–water partition coefficient (Wildman–Crippen LogP) is 2.61. The molecule has 2 atom stereocenters. The van der Waals surface area contributed by atoms with Crippen LogP contribution in [0.2, 0.25) is 0 Å². The standard InChI is InChI=1S/C14H25N3O2S/c1-6-10(12-16-9(2)8-20-12)17-13(19)15-7-11(18)14(3,4)5/h8,10-11,18H,6-7H2,1-5H3,(H2,15,17,19). The quantitative estimate of drug-likeness (QED) is 0.782. The smallest absolute Gasteiger partial charge is 0.315 e. The first-order valence-corrected chi connectivity index (χ1v) is 7.76. The molecule has 20 heavy (non-hydrogen) atoms. The van der Waals surface area contributed by atoms with Crippen LogP contribution in [0.4, 0.5) is 4.79 Å². The van der Waals surface area contributed by atoms with E-state index in [1.54, 1.807) is 11.3 Å². The van der Waals surface area contributed by atoms with Gasteiger partial charge in [-0.2, -0.15) is 0 Å². The summed E-state index contributed by atoms with van der Waals surface area (Å²) in [4.78, 5) is 16.3. The Balaban J connectivity index is 2.48. The Morgan fingerprint density at radius 2 is 2.15 bits per heavy atom. The highest BCUT2D eigenvalue weighted by Crippen LogP contribution is 2.21. The molecule has 2 unspecified atom stereocenters. The third-order valence-electron chi connectivity index (χ3n) is 3.10. The van der Waals surface area contributed by atoms with E-state index in [2.05, 4.69) is 15.6 Å². The van der Waals surface area contributed by atoms with E-state index in [0.29, 0.717) is 0 Å². The van der Waals surface area contributed by atoms with Crippen LogP contribution < -0.4 is 10.6 Å². The van der Waals surface area contributed by atoms with Crippen LogP contribution in [0.25, 0.3) is 0 Å². The summed E-state index contributed by atoms with van der Waals surface area (Å²) in [5, 5.41) is 18.4. The highest BCUT2D eigenvalue weighted by atomic mass is 32.1. The zero-order valence-corrected chi connectivity index (χ0v) is 13.7. The second kappa shape index (κ2) is 7.04. The fourth-order valence-electron chi connectivity index (χ4n) is 1.58. The summed E-state index contributed by atoms with van der Waals surface area (Å²) in [6, 6.07) is -0.353. The molecule has 0 aliphatic carbocycles. The van der Waals surface area contributed by atoms with Gasteiger partial charge in [0.05, 0.1) is 12.1 Å². The molecule has 0 aliphatic rings. The van der Waals surface area contributed by atoms with Crippen molar-refractivity contribution in [2.24, 2.45) is 5.41 Å². The second-order valence-electron chi connectivity index (χ2n) is 6.02. The average Bonchev–Trinajstić information content (AvgIpc) is 2.78. The molecule has 3 N–H and O–H groups in total. The number of rotatable bonds is 5. The van der Waals surface area contributed by atoms with E-state index in [1.807, 2.05) is 40.0 Å². The maximum Gasteiger partial charge on any atom is 0.315 e. The number of urea groups is 1. The molecular weight excluding hydrogens is 274 g/mol. The molecule has 0 spiro atoms. The van der Waals surface area contributed by atoms with Gasteiger partial charge in [0.25, 0.3) is 0 Å². The molecule has 0 fully saturated rings. The van der Waals surface area contributed by atoms with E-state index in [-0.39, 0.29) is 24.0 Å². The van der Waals surface area contributed by atoms with Crippen molar-refractivity contribution >= 4 is 17.4 Å². The van der Waals surface area contributed by atoms with Crippen LogP contribution >= 0.6 is 11.3 Å². The molecule has 6 heteroatoms. The summed E-state index contributed by atoms with van der Waals surface area (Å²) >= 11 is 1.55. The van der Waals surface area contributed by atoms with Crippen LogP contribution in [0.3, 0.4) is 0 Å². The zero-order chi connectivity index (χ0) is 15.3. The van der Waals surface area contributed by atoms with Gasteiger partial charge in [0.15, 0.2) is 0 Å². The number of amides is 2. The Morgan fingerprint density at radius 3 is 2.60 bits per heavy atom. The van der Waals surface area contributed by atoms with E-state index in [0.717, 1.165) is 17.1 Å². The van der Waals surface area contributed by atoms with E-state index < -0.39 is 6.10 Å². The molecule has 0 bridgehead atoms. The molecule has 114 valence electrons. The van der Waals surface area contributed by atoms with E-state index in [1.165, 1.54) is 0 Å². The zero-order valence-electron chi connectivity index (χ0n) is 12.9. The number of aliphatic hydroxyl groups is 1. The highest BCUT2D eigenvalue weighted by molar-refractivity contribution is 7.09. The number of hydrogen-bond acceptors (Lipinski definition) is 4. The lowest BCUT2D eigenvalue weighted by Crippen LogP contribution is -2.44. The third-order valence-corrected chi connectivity index (χ3v) is 4.18. The average molecular weight is 299 g/mol. The summed E-state index contributed by atoms with van der Waals surface area (Å²) < 4.78 is 0. The predicted molar refractivity (Wildman–Crippen MR) is 81.9 cm³/mol. The number of hydrogen-bond donors (Lipinski definition) is 3. The van der Waals surface area contributed by atoms with Crippen LogP contribution in [0.15, 0.2) is 5.38 Å². The van der Waals surface area contributed by atoms with E-state index >= 15 is 0 Å². The molecular formula is C14H25N3O2S. The Morgan fingerprint density at radius 1 is 1.50 bits per heavy atom. The molecule has 0 radical (unpaired) electrons. The van der Waals surface area contributed by atoms with Crippen molar-refractivity contribution in [2.75, 3.05) is 6.54 Å². The molecule has 5 nitrogen and oxygen atoms in total. The van der Waals surface area contributed by atoms with Crippen LogP contribution in [0, 0.1) is 12.3 Å². The van der Waals surface area contributed by atoms with Crippen LogP contribution in [0.1, 0.15) is 50.9 Å². The van der Waals surface area contributed by atoms with Gasteiger partial charge in [-0.05, 0) is 18.8 Å². The summed E-state index contributed by atoms with van der Waals surface area (Å²) in [6.07, 6.45) is 0.206. The lowest BCUT2D eigenvalue weighted by Gasteiger charge is -2.26. The van der Waals surface area contributed by atoms with Crippen LogP contribution in [-0.2, 0) is 0 Å². The van der Waals surface area contributed by atoms with Gasteiger partial charge in [0, 0.05) is 17.6 Å². The molecule has 0 saturated heterocycles. The van der Waals surface area contributed by atoms with E-state index in [4.69, 9.17) is 0 Å². The summed E-state index contributed by atoms with van der Waals surface area (Å²) in [5.74, 6) is 0. The van der Waals surface area contributed by atoms with Crippen molar-refractivity contribution in [1.29, 1.82) is 0 Å². The minimum atomic E-state index is -0.574. The van der Waals surface area contributed by atoms with Crippen LogP contribution in [0.5, 0.6) is 0 Å². The second-order valence-corrected chi connectivity index (χ2v) is 6.91. The number of carbonyl (C=O) groups is 1. The normalized spacial score (nSPS) is 14.7. The number of thiazole rings is 1. The van der Waals surface area contributed by atoms with Crippen molar-refractivity contribution in [2.45, 2.75) is 53.2 Å². The minimum Gasteiger partial charge on any atom is -0.391 e. The van der Waals surface area contributed by atoms with E-state index in [9.17, 15) is 9.90 Å². The highest BCUT2D eigenvalue weighted by Gasteiger charge is 2.23. The van der Waals surface area contributed by atoms with Crippen molar-refractivity contribution in [3.63, 3.8) is 0 Å². The lowest BCUT2D eigenvalue weighted by atomic mass is 9.89. The Kier molecular flexibility index (Phi) is 5.95. The van der Waals surface area contributed by atoms with Gasteiger partial charge < -0.3 is 15.7 Å². The SMILES string of the molecule is CCC(NC(=O)NCC(O)C(C)(C)C)c1nc(C)cs1. The molecule has 1 aromatic heterocycles. The summed E-state index contributed by atoms with van der Waals surface area (Å²) in [5.41, 5.74) is 0.720. The van der Waals surface area contributed by atoms with Gasteiger partial charge in [0.1, 0.15) is 5.01 Å². The van der Waals surface area contributed by atoms with Gasteiger partial charge in [-0.1, -0.05) is 27.7 Å². The van der Waals surface area contributed by atoms with Crippen molar-refractivity contribution in [1.82, 2.24) is 15.6 Å². The monoisotopic (exact) mass is 299 g/mol. The van der Waals surface area contributed by atoms with Gasteiger partial charge in [-0.25, -0.2) is 9.78 Å². The van der Waals surface area contributed by atoms with Crippen molar-refractivity contribution < 1.29 is 9.90 Å². The van der Waals surface area contributed by atoms with Crippen LogP contribution in [-0.4, -0.2) is 28.8 Å². The van der Waals surface area contributed by atoms with Crippen molar-refractivity contribution in [3.8, 4) is 0 Å². The number of aromatic nitrogens is 1. The fraction of sp³-hybridized carbons (Fsp3) is 0.714. The number of nitrogens with one attached hydrogen (secondary N) is 2. The topological polar surface area (TPSA) is 74.2 Å². The molecule has 2 amide bonds. The fourth-order valence-corrected chi connectivity index (χ4v) is 2.51. The third kappa shape index (κ3) is 5.09. The molecule has 1 rings (SSSR count). The lowest BCUT2D eigenvalue weighted by molar-refractivity contribution is 0.0649. The molecule has 0 aliphatic heterocycles. The van der Waals surface area contributed by atoms with Gasteiger partial charge in [0.2, 0.25) is 0 Å². The Labute approximate surface area is 124 Å². The number of aliphatic hydroxyl groups excluding tert-OH is 1. The van der Waals surface area contributed by atoms with Crippen molar-refractivity contribution in [3.05, 3.63) is 16.1 Å². The maximum absolute atomic E-state index is 11.9. The largest absolute Gasteiger partial charge is 0.391 e. The molecule has 1 heterocycles. The maximum atomic E-state index is 11.9. The number of aryl methyl sites for hydroxylation is 1.